The van der Waals surface area contributed by atoms with Gasteiger partial charge in [-0.15, -0.1) is 12.4 Å². The summed E-state index contributed by atoms with van der Waals surface area (Å²) >= 11 is 0. The first-order valence-corrected chi connectivity index (χ1v) is 7.14. The van der Waals surface area contributed by atoms with E-state index in [0.717, 1.165) is 25.7 Å². The van der Waals surface area contributed by atoms with Crippen molar-refractivity contribution in [3.63, 3.8) is 0 Å². The van der Waals surface area contributed by atoms with E-state index in [1.807, 2.05) is 0 Å². The third-order valence-electron chi connectivity index (χ3n) is 4.07. The fourth-order valence-electron chi connectivity index (χ4n) is 2.79. The molecule has 1 aliphatic carbocycles. The average molecular weight is 328 g/mol. The van der Waals surface area contributed by atoms with Crippen LogP contribution in [0.25, 0.3) is 0 Å². The minimum atomic E-state index is -0.407. The zero-order chi connectivity index (χ0) is 14.7. The smallest absolute Gasteiger partial charge is 0.234 e. The van der Waals surface area contributed by atoms with E-state index in [2.05, 4.69) is 10.1 Å². The maximum Gasteiger partial charge on any atom is 0.234 e. The highest BCUT2D eigenvalue weighted by Crippen LogP contribution is 2.39. The molecule has 1 heterocycles. The molecule has 0 bridgehead atoms. The van der Waals surface area contributed by atoms with Gasteiger partial charge in [0, 0.05) is 6.54 Å². The predicted octanol–water partition coefficient (Wildman–Crippen LogP) is 2.98. The Morgan fingerprint density at radius 2 is 2.00 bits per heavy atom. The molecule has 120 valence electrons. The highest BCUT2D eigenvalue weighted by molar-refractivity contribution is 5.85. The number of benzene rings is 1. The van der Waals surface area contributed by atoms with Crippen LogP contribution in [0.3, 0.4) is 0 Å². The van der Waals surface area contributed by atoms with E-state index in [0.29, 0.717) is 18.3 Å². The summed E-state index contributed by atoms with van der Waals surface area (Å²) in [6.07, 6.45) is 4.19. The monoisotopic (exact) mass is 327 g/mol. The molecule has 5 nitrogen and oxygen atoms in total. The molecule has 2 N–H and O–H groups in total. The second-order valence-electron chi connectivity index (χ2n) is 5.43. The van der Waals surface area contributed by atoms with Crippen molar-refractivity contribution in [1.82, 2.24) is 10.1 Å². The van der Waals surface area contributed by atoms with E-state index in [4.69, 9.17) is 15.0 Å². The number of aromatic nitrogens is 2. The normalized spacial score (nSPS) is 16.3. The van der Waals surface area contributed by atoms with E-state index in [1.165, 1.54) is 6.07 Å². The molecule has 1 aliphatic rings. The van der Waals surface area contributed by atoms with Crippen molar-refractivity contribution >= 4 is 12.4 Å². The fourth-order valence-corrected chi connectivity index (χ4v) is 2.79. The van der Waals surface area contributed by atoms with Crippen LogP contribution in [0.5, 0.6) is 5.75 Å². The molecular formula is C15H19ClFN3O2. The Morgan fingerprint density at radius 1 is 1.27 bits per heavy atom. The third kappa shape index (κ3) is 3.23. The molecule has 0 saturated heterocycles. The number of nitrogens with two attached hydrogens (primary N) is 1. The second kappa shape index (κ2) is 7.07. The molecule has 0 atom stereocenters. The maximum absolute atomic E-state index is 13.5. The number of hydrogen-bond donors (Lipinski definition) is 1. The Balaban J connectivity index is 0.00000176. The van der Waals surface area contributed by atoms with Gasteiger partial charge < -0.3 is 15.0 Å². The van der Waals surface area contributed by atoms with Gasteiger partial charge in [0.25, 0.3) is 0 Å². The zero-order valence-electron chi connectivity index (χ0n) is 12.1. The topological polar surface area (TPSA) is 74.2 Å². The lowest BCUT2D eigenvalue weighted by molar-refractivity contribution is 0.263. The molecule has 3 rings (SSSR count). The van der Waals surface area contributed by atoms with Gasteiger partial charge in [-0.3, -0.25) is 0 Å². The maximum atomic E-state index is 13.5. The number of halogens is 2. The van der Waals surface area contributed by atoms with Gasteiger partial charge in [-0.2, -0.15) is 4.98 Å². The van der Waals surface area contributed by atoms with Crippen molar-refractivity contribution in [2.24, 2.45) is 5.73 Å². The van der Waals surface area contributed by atoms with Gasteiger partial charge in [0.1, 0.15) is 0 Å². The Kier molecular flexibility index (Phi) is 5.37. The Bertz CT molecular complexity index is 614. The van der Waals surface area contributed by atoms with Crippen molar-refractivity contribution in [3.05, 3.63) is 41.8 Å². The van der Waals surface area contributed by atoms with Crippen LogP contribution < -0.4 is 10.5 Å². The highest BCUT2D eigenvalue weighted by atomic mass is 35.5. The van der Waals surface area contributed by atoms with Crippen LogP contribution in [-0.2, 0) is 12.0 Å². The van der Waals surface area contributed by atoms with E-state index in [9.17, 15) is 4.39 Å². The van der Waals surface area contributed by atoms with Crippen LogP contribution in [-0.4, -0.2) is 16.7 Å². The number of para-hydroxylation sites is 1. The average Bonchev–Trinajstić information content (AvgIpc) is 3.16. The Morgan fingerprint density at radius 3 is 2.68 bits per heavy atom. The van der Waals surface area contributed by atoms with Crippen molar-refractivity contribution < 1.29 is 13.7 Å². The summed E-state index contributed by atoms with van der Waals surface area (Å²) in [5.74, 6) is 0.760. The summed E-state index contributed by atoms with van der Waals surface area (Å²) in [6, 6.07) is 6.23. The van der Waals surface area contributed by atoms with Gasteiger partial charge in [-0.25, -0.2) is 4.39 Å². The summed E-state index contributed by atoms with van der Waals surface area (Å²) in [5, 5.41) is 3.91. The molecule has 1 saturated carbocycles. The predicted molar refractivity (Wildman–Crippen MR) is 81.5 cm³/mol. The largest absolute Gasteiger partial charge is 0.482 e. The molecule has 0 radical (unpaired) electrons. The minimum absolute atomic E-state index is 0. The molecule has 0 amide bonds. The number of hydrogen-bond acceptors (Lipinski definition) is 5. The van der Waals surface area contributed by atoms with Crippen LogP contribution in [0.2, 0.25) is 0 Å². The first kappa shape index (κ1) is 16.7. The van der Waals surface area contributed by atoms with Crippen molar-refractivity contribution in [3.8, 4) is 5.75 Å². The number of rotatable bonds is 5. The zero-order valence-corrected chi connectivity index (χ0v) is 12.9. The summed E-state index contributed by atoms with van der Waals surface area (Å²) in [5.41, 5.74) is 5.70. The molecule has 1 aromatic heterocycles. The van der Waals surface area contributed by atoms with Crippen molar-refractivity contribution in [2.75, 3.05) is 6.54 Å². The highest BCUT2D eigenvalue weighted by Gasteiger charge is 2.39. The van der Waals surface area contributed by atoms with Crippen LogP contribution in [0.15, 0.2) is 28.8 Å². The fraction of sp³-hybridized carbons (Fsp3) is 0.467. The molecular weight excluding hydrogens is 309 g/mol. The SMILES string of the molecule is Cl.NCC1(c2nc(COc3ccccc3F)no2)CCCC1. The standard InChI is InChI=1S/C15H18FN3O2.ClH/c16-11-5-1-2-6-12(11)20-9-13-18-14(21-19-13)15(10-17)7-3-4-8-15;/h1-2,5-6H,3-4,7-10,17H2;1H. The van der Waals surface area contributed by atoms with Crippen molar-refractivity contribution in [1.29, 1.82) is 0 Å². The first-order valence-electron chi connectivity index (χ1n) is 7.14. The van der Waals surface area contributed by atoms with Gasteiger partial charge in [0.15, 0.2) is 18.2 Å². The van der Waals surface area contributed by atoms with E-state index < -0.39 is 5.82 Å². The number of nitrogens with zero attached hydrogens (tertiary/aromatic N) is 2. The molecule has 22 heavy (non-hydrogen) atoms. The van der Waals surface area contributed by atoms with E-state index in [-0.39, 0.29) is 30.2 Å². The lowest BCUT2D eigenvalue weighted by Crippen LogP contribution is -2.32. The first-order chi connectivity index (χ1) is 10.2. The lowest BCUT2D eigenvalue weighted by atomic mass is 9.86. The second-order valence-corrected chi connectivity index (χ2v) is 5.43. The Hall–Kier alpha value is -1.66. The molecule has 1 aromatic carbocycles. The van der Waals surface area contributed by atoms with Crippen LogP contribution >= 0.6 is 12.4 Å². The lowest BCUT2D eigenvalue weighted by Gasteiger charge is -2.21. The van der Waals surface area contributed by atoms with Gasteiger partial charge in [-0.05, 0) is 25.0 Å². The van der Waals surface area contributed by atoms with Crippen LogP contribution in [0.1, 0.15) is 37.4 Å². The van der Waals surface area contributed by atoms with E-state index >= 15 is 0 Å². The molecule has 0 unspecified atom stereocenters. The summed E-state index contributed by atoms with van der Waals surface area (Å²) in [6.45, 7) is 0.577. The molecule has 0 spiro atoms. The molecule has 1 fully saturated rings. The van der Waals surface area contributed by atoms with Gasteiger partial charge in [-0.1, -0.05) is 30.1 Å². The molecule has 7 heteroatoms. The van der Waals surface area contributed by atoms with Crippen molar-refractivity contribution in [2.45, 2.75) is 37.7 Å². The number of ether oxygens (including phenoxy) is 1. The van der Waals surface area contributed by atoms with Gasteiger partial charge >= 0.3 is 0 Å². The van der Waals surface area contributed by atoms with Crippen LogP contribution in [0, 0.1) is 5.82 Å². The van der Waals surface area contributed by atoms with Crippen LogP contribution in [0.4, 0.5) is 4.39 Å². The van der Waals surface area contributed by atoms with Gasteiger partial charge in [0.2, 0.25) is 11.7 Å². The summed E-state index contributed by atoms with van der Waals surface area (Å²) in [7, 11) is 0. The molecule has 2 aromatic rings. The quantitative estimate of drug-likeness (QED) is 0.913. The summed E-state index contributed by atoms with van der Waals surface area (Å²) in [4.78, 5) is 4.37. The van der Waals surface area contributed by atoms with E-state index in [1.54, 1.807) is 18.2 Å². The Labute approximate surface area is 134 Å². The minimum Gasteiger partial charge on any atom is -0.482 e. The molecule has 0 aliphatic heterocycles. The third-order valence-corrected chi connectivity index (χ3v) is 4.07. The van der Waals surface area contributed by atoms with Gasteiger partial charge in [0.05, 0.1) is 5.41 Å². The summed E-state index contributed by atoms with van der Waals surface area (Å²) < 4.78 is 24.2.